The minimum Gasteiger partial charge on any atom is -0.508 e. The number of para-hydroxylation sites is 1. The van der Waals surface area contributed by atoms with E-state index in [0.29, 0.717) is 22.4 Å². The summed E-state index contributed by atoms with van der Waals surface area (Å²) in [6, 6.07) is 21.1. The molecule has 0 aromatic heterocycles. The van der Waals surface area contributed by atoms with E-state index in [1.54, 1.807) is 30.3 Å². The van der Waals surface area contributed by atoms with Gasteiger partial charge in [0.05, 0.1) is 28.6 Å². The monoisotopic (exact) mass is 540 g/mol. The number of fused-ring (bicyclic) bond motifs is 3. The van der Waals surface area contributed by atoms with Crippen LogP contribution in [0.5, 0.6) is 11.5 Å². The molecule has 1 aliphatic carbocycles. The van der Waals surface area contributed by atoms with Crippen LogP contribution in [0, 0.1) is 27.9 Å². The van der Waals surface area contributed by atoms with Crippen molar-refractivity contribution in [2.45, 2.75) is 18.9 Å². The Morgan fingerprint density at radius 3 is 2.52 bits per heavy atom. The van der Waals surface area contributed by atoms with Crippen LogP contribution in [0.4, 0.5) is 11.4 Å². The van der Waals surface area contributed by atoms with Crippen LogP contribution in [0.15, 0.2) is 89.9 Å². The van der Waals surface area contributed by atoms with E-state index in [1.165, 1.54) is 30.3 Å². The van der Waals surface area contributed by atoms with Crippen molar-refractivity contribution in [1.29, 1.82) is 0 Å². The Balaban J connectivity index is 1.39. The van der Waals surface area contributed by atoms with Crippen LogP contribution in [-0.2, 0) is 14.2 Å². The predicted octanol–water partition coefficient (Wildman–Crippen LogP) is 3.98. The third kappa shape index (κ3) is 4.53. The highest BCUT2D eigenvalue weighted by Gasteiger charge is 2.58. The summed E-state index contributed by atoms with van der Waals surface area (Å²) in [6.45, 7) is 0.0918. The summed E-state index contributed by atoms with van der Waals surface area (Å²) in [4.78, 5) is 39.5. The van der Waals surface area contributed by atoms with E-state index in [4.69, 9.17) is 9.39 Å². The molecule has 2 saturated heterocycles. The fourth-order valence-corrected chi connectivity index (χ4v) is 6.17. The standard InChI is InChI=1S/C29H25BN2O8/c33-21-9-4-6-17(12-21)25-15-23-26-24(28(34)31(29(26)35)19-7-5-8-20(14-19)32(37)38)13-18(27(23)30(36)40-25)16-39-22-10-2-1-3-11-22/h1-12,14,23-26,33,36H,13,15-16H2/t23-,24-,25-,26+/m0/s1. The topological polar surface area (TPSA) is 139 Å². The fraction of sp³-hybridized carbons (Fsp3) is 0.241. The molecule has 202 valence electrons. The van der Waals surface area contributed by atoms with Crippen LogP contribution in [0.2, 0.25) is 0 Å². The summed E-state index contributed by atoms with van der Waals surface area (Å²) in [5.41, 5.74) is 1.75. The highest BCUT2D eigenvalue weighted by atomic mass is 16.6. The molecule has 6 rings (SSSR count). The average Bonchev–Trinajstić information content (AvgIpc) is 3.21. The zero-order valence-electron chi connectivity index (χ0n) is 21.3. The number of amides is 2. The van der Waals surface area contributed by atoms with Gasteiger partial charge in [-0.2, -0.15) is 0 Å². The van der Waals surface area contributed by atoms with Gasteiger partial charge in [0, 0.05) is 12.1 Å². The number of rotatable bonds is 6. The number of phenols is 1. The first-order valence-electron chi connectivity index (χ1n) is 13.0. The Morgan fingerprint density at radius 1 is 1.00 bits per heavy atom. The molecule has 0 saturated carbocycles. The molecule has 4 atom stereocenters. The summed E-state index contributed by atoms with van der Waals surface area (Å²) in [5.74, 6) is -2.33. The van der Waals surface area contributed by atoms with Crippen molar-refractivity contribution in [3.8, 4) is 11.5 Å². The number of imide groups is 1. The van der Waals surface area contributed by atoms with Gasteiger partial charge in [-0.3, -0.25) is 19.7 Å². The lowest BCUT2D eigenvalue weighted by Crippen LogP contribution is -2.45. The number of non-ortho nitro benzene ring substituents is 1. The quantitative estimate of drug-likeness (QED) is 0.207. The molecule has 2 heterocycles. The number of benzene rings is 3. The number of anilines is 1. The number of carbonyl (C=O) groups is 2. The van der Waals surface area contributed by atoms with Gasteiger partial charge in [-0.25, -0.2) is 4.90 Å². The number of nitro groups is 1. The molecule has 0 bridgehead atoms. The first-order chi connectivity index (χ1) is 19.3. The molecule has 0 radical (unpaired) electrons. The van der Waals surface area contributed by atoms with Gasteiger partial charge in [-0.05, 0) is 65.7 Å². The van der Waals surface area contributed by atoms with Gasteiger partial charge >= 0.3 is 7.12 Å². The zero-order chi connectivity index (χ0) is 28.0. The molecule has 2 fully saturated rings. The largest absolute Gasteiger partial charge is 0.508 e. The maximum Gasteiger partial charge on any atom is 0.487 e. The van der Waals surface area contributed by atoms with E-state index in [9.17, 15) is 29.8 Å². The lowest BCUT2D eigenvalue weighted by molar-refractivity contribution is -0.384. The number of carbonyl (C=O) groups excluding carboxylic acids is 2. The maximum absolute atomic E-state index is 13.9. The SMILES string of the molecule is O=C1[C@H]2[C@H](CC(COc3ccccc3)=C3B(O)O[C@H](c4cccc(O)c4)C[C@H]32)C(=O)N1c1cccc([N+](=O)[O-])c1. The highest BCUT2D eigenvalue weighted by molar-refractivity contribution is 6.53. The van der Waals surface area contributed by atoms with Crippen molar-refractivity contribution in [3.05, 3.63) is 106 Å². The summed E-state index contributed by atoms with van der Waals surface area (Å²) >= 11 is 0. The molecule has 3 aliphatic rings. The first-order valence-corrected chi connectivity index (χ1v) is 13.0. The van der Waals surface area contributed by atoms with Crippen molar-refractivity contribution < 1.29 is 34.0 Å². The predicted molar refractivity (Wildman–Crippen MR) is 144 cm³/mol. The summed E-state index contributed by atoms with van der Waals surface area (Å²) in [6.07, 6.45) is -0.176. The van der Waals surface area contributed by atoms with Gasteiger partial charge < -0.3 is 19.5 Å². The number of nitrogens with zero attached hydrogens (tertiary/aromatic N) is 2. The van der Waals surface area contributed by atoms with Crippen LogP contribution < -0.4 is 9.64 Å². The molecule has 3 aromatic carbocycles. The Hall–Kier alpha value is -4.48. The number of ether oxygens (including phenoxy) is 1. The number of hydrogen-bond acceptors (Lipinski definition) is 8. The molecule has 0 unspecified atom stereocenters. The fourth-order valence-electron chi connectivity index (χ4n) is 6.17. The highest BCUT2D eigenvalue weighted by Crippen LogP contribution is 2.52. The van der Waals surface area contributed by atoms with E-state index in [0.717, 1.165) is 4.90 Å². The average molecular weight is 540 g/mol. The minimum atomic E-state index is -1.35. The van der Waals surface area contributed by atoms with Gasteiger partial charge in [0.25, 0.3) is 5.69 Å². The molecule has 0 spiro atoms. The number of allylic oxidation sites excluding steroid dienone is 1. The molecule has 10 nitrogen and oxygen atoms in total. The normalized spacial score (nSPS) is 24.1. The van der Waals surface area contributed by atoms with Gasteiger partial charge in [-0.15, -0.1) is 0 Å². The first kappa shape index (κ1) is 25.8. The maximum atomic E-state index is 13.9. The Kier molecular flexibility index (Phi) is 6.61. The number of aromatic hydroxyl groups is 1. The molecular weight excluding hydrogens is 515 g/mol. The zero-order valence-corrected chi connectivity index (χ0v) is 21.3. The van der Waals surface area contributed by atoms with E-state index in [1.807, 2.05) is 18.2 Å². The summed E-state index contributed by atoms with van der Waals surface area (Å²) in [7, 11) is -1.35. The number of nitro benzene ring substituents is 1. The van der Waals surface area contributed by atoms with Crippen molar-refractivity contribution >= 4 is 30.3 Å². The van der Waals surface area contributed by atoms with Crippen molar-refractivity contribution in [3.63, 3.8) is 0 Å². The second-order valence-electron chi connectivity index (χ2n) is 10.2. The van der Waals surface area contributed by atoms with E-state index >= 15 is 0 Å². The number of hydrogen-bond donors (Lipinski definition) is 2. The second kappa shape index (κ2) is 10.3. The van der Waals surface area contributed by atoms with Crippen LogP contribution in [0.3, 0.4) is 0 Å². The third-order valence-corrected chi connectivity index (χ3v) is 7.91. The van der Waals surface area contributed by atoms with Crippen LogP contribution in [0.1, 0.15) is 24.5 Å². The van der Waals surface area contributed by atoms with Crippen LogP contribution >= 0.6 is 0 Å². The van der Waals surface area contributed by atoms with E-state index in [-0.39, 0.29) is 36.6 Å². The lowest BCUT2D eigenvalue weighted by atomic mass is 9.55. The van der Waals surface area contributed by atoms with Gasteiger partial charge in [-0.1, -0.05) is 36.4 Å². The van der Waals surface area contributed by atoms with Crippen molar-refractivity contribution in [2.75, 3.05) is 11.5 Å². The van der Waals surface area contributed by atoms with Gasteiger partial charge in [0.2, 0.25) is 11.8 Å². The molecule has 11 heteroatoms. The smallest absolute Gasteiger partial charge is 0.487 e. The Bertz CT molecular complexity index is 1530. The lowest BCUT2D eigenvalue weighted by Gasteiger charge is -2.42. The van der Waals surface area contributed by atoms with Crippen LogP contribution in [0.25, 0.3) is 0 Å². The molecular formula is C29H25BN2O8. The molecule has 2 amide bonds. The minimum absolute atomic E-state index is 0.0411. The molecule has 40 heavy (non-hydrogen) atoms. The summed E-state index contributed by atoms with van der Waals surface area (Å²) in [5, 5.41) is 32.6. The van der Waals surface area contributed by atoms with Crippen molar-refractivity contribution in [1.82, 2.24) is 0 Å². The van der Waals surface area contributed by atoms with E-state index < -0.39 is 47.7 Å². The Labute approximate surface area is 229 Å². The van der Waals surface area contributed by atoms with Gasteiger partial charge in [0.1, 0.15) is 18.1 Å². The molecule has 2 aliphatic heterocycles. The summed E-state index contributed by atoms with van der Waals surface area (Å²) < 4.78 is 12.0. The third-order valence-electron chi connectivity index (χ3n) is 7.91. The van der Waals surface area contributed by atoms with E-state index in [2.05, 4.69) is 0 Å². The molecule has 3 aromatic rings. The number of phenolic OH excluding ortho intramolecular Hbond substituents is 1. The van der Waals surface area contributed by atoms with Crippen LogP contribution in [-0.4, -0.2) is 40.6 Å². The molecule has 2 N–H and O–H groups in total. The van der Waals surface area contributed by atoms with Crippen molar-refractivity contribution in [2.24, 2.45) is 17.8 Å². The van der Waals surface area contributed by atoms with Gasteiger partial charge in [0.15, 0.2) is 0 Å². The second-order valence-corrected chi connectivity index (χ2v) is 10.2. The Morgan fingerprint density at radius 2 is 1.77 bits per heavy atom.